The van der Waals surface area contributed by atoms with E-state index in [0.717, 1.165) is 25.1 Å². The van der Waals surface area contributed by atoms with Crippen LogP contribution in [0, 0.1) is 5.92 Å². The molecule has 1 aromatic rings. The summed E-state index contributed by atoms with van der Waals surface area (Å²) in [6, 6.07) is 6.69. The van der Waals surface area contributed by atoms with Gasteiger partial charge in [0, 0.05) is 18.8 Å². The van der Waals surface area contributed by atoms with Gasteiger partial charge in [-0.05, 0) is 37.1 Å². The average molecular weight is 248 g/mol. The Bertz CT molecular complexity index is 456. The number of amides is 1. The summed E-state index contributed by atoms with van der Waals surface area (Å²) in [5.74, 6) is -1.31. The second-order valence-corrected chi connectivity index (χ2v) is 4.54. The van der Waals surface area contributed by atoms with E-state index in [4.69, 9.17) is 10.8 Å². The first-order chi connectivity index (χ1) is 8.58. The van der Waals surface area contributed by atoms with Crippen LogP contribution in [-0.4, -0.2) is 30.1 Å². The molecule has 1 atom stereocenters. The predicted molar refractivity (Wildman–Crippen MR) is 67.5 cm³/mol. The second kappa shape index (κ2) is 5.08. The van der Waals surface area contributed by atoms with E-state index in [-0.39, 0.29) is 17.4 Å². The van der Waals surface area contributed by atoms with Gasteiger partial charge < -0.3 is 15.7 Å². The van der Waals surface area contributed by atoms with E-state index >= 15 is 0 Å². The topological polar surface area (TPSA) is 83.6 Å². The number of hydrogen-bond donors (Lipinski definition) is 2. The van der Waals surface area contributed by atoms with Gasteiger partial charge in [-0.25, -0.2) is 4.79 Å². The number of piperidine rings is 1. The average Bonchev–Trinajstić information content (AvgIpc) is 2.39. The van der Waals surface area contributed by atoms with E-state index in [0.29, 0.717) is 6.54 Å². The minimum absolute atomic E-state index is 0.113. The molecule has 96 valence electrons. The van der Waals surface area contributed by atoms with Crippen LogP contribution in [0.4, 0.5) is 5.69 Å². The van der Waals surface area contributed by atoms with Crippen LogP contribution in [0.5, 0.6) is 0 Å². The van der Waals surface area contributed by atoms with Crippen LogP contribution in [-0.2, 0) is 4.79 Å². The molecule has 1 saturated heterocycles. The molecule has 1 fully saturated rings. The molecule has 1 aliphatic heterocycles. The molecule has 1 aliphatic rings. The van der Waals surface area contributed by atoms with Gasteiger partial charge in [-0.15, -0.1) is 0 Å². The molecule has 1 heterocycles. The van der Waals surface area contributed by atoms with E-state index < -0.39 is 5.97 Å². The van der Waals surface area contributed by atoms with Crippen LogP contribution < -0.4 is 10.6 Å². The van der Waals surface area contributed by atoms with Crippen molar-refractivity contribution in [3.8, 4) is 0 Å². The molecule has 0 bridgehead atoms. The lowest BCUT2D eigenvalue weighted by Crippen LogP contribution is -2.41. The van der Waals surface area contributed by atoms with E-state index in [9.17, 15) is 9.59 Å². The minimum Gasteiger partial charge on any atom is -0.478 e. The number of aromatic carboxylic acids is 1. The van der Waals surface area contributed by atoms with Crippen molar-refractivity contribution in [2.45, 2.75) is 12.8 Å². The summed E-state index contributed by atoms with van der Waals surface area (Å²) < 4.78 is 0. The minimum atomic E-state index is -0.935. The third kappa shape index (κ3) is 2.61. The van der Waals surface area contributed by atoms with Gasteiger partial charge in [0.2, 0.25) is 5.91 Å². The molecule has 0 unspecified atom stereocenters. The van der Waals surface area contributed by atoms with Crippen molar-refractivity contribution in [3.05, 3.63) is 29.8 Å². The maximum atomic E-state index is 11.2. The normalized spacial score (nSPS) is 19.6. The summed E-state index contributed by atoms with van der Waals surface area (Å²) >= 11 is 0. The lowest BCUT2D eigenvalue weighted by Gasteiger charge is -2.33. The van der Waals surface area contributed by atoms with Crippen LogP contribution >= 0.6 is 0 Å². The molecule has 18 heavy (non-hydrogen) atoms. The van der Waals surface area contributed by atoms with Gasteiger partial charge >= 0.3 is 5.97 Å². The highest BCUT2D eigenvalue weighted by molar-refractivity contribution is 5.88. The number of hydrogen-bond acceptors (Lipinski definition) is 3. The molecule has 0 spiro atoms. The summed E-state index contributed by atoms with van der Waals surface area (Å²) in [5, 5.41) is 8.83. The number of nitrogens with two attached hydrogens (primary N) is 1. The van der Waals surface area contributed by atoms with Crippen molar-refractivity contribution in [2.24, 2.45) is 11.7 Å². The van der Waals surface area contributed by atoms with Crippen LogP contribution in [0.25, 0.3) is 0 Å². The Morgan fingerprint density at radius 2 is 1.94 bits per heavy atom. The van der Waals surface area contributed by atoms with Crippen molar-refractivity contribution in [3.63, 3.8) is 0 Å². The van der Waals surface area contributed by atoms with Gasteiger partial charge in [-0.1, -0.05) is 0 Å². The highest BCUT2D eigenvalue weighted by atomic mass is 16.4. The summed E-state index contributed by atoms with van der Waals surface area (Å²) in [6.45, 7) is 1.48. The molecule has 1 amide bonds. The summed E-state index contributed by atoms with van der Waals surface area (Å²) in [5.41, 5.74) is 6.53. The Morgan fingerprint density at radius 1 is 1.28 bits per heavy atom. The van der Waals surface area contributed by atoms with Crippen LogP contribution in [0.15, 0.2) is 24.3 Å². The molecule has 1 aromatic carbocycles. The van der Waals surface area contributed by atoms with Crippen molar-refractivity contribution >= 4 is 17.6 Å². The Balaban J connectivity index is 2.11. The van der Waals surface area contributed by atoms with Gasteiger partial charge in [0.1, 0.15) is 0 Å². The lowest BCUT2D eigenvalue weighted by molar-refractivity contribution is -0.122. The number of carbonyl (C=O) groups is 2. The maximum absolute atomic E-state index is 11.2. The van der Waals surface area contributed by atoms with E-state index in [1.807, 2.05) is 0 Å². The summed E-state index contributed by atoms with van der Waals surface area (Å²) in [7, 11) is 0. The highest BCUT2D eigenvalue weighted by Gasteiger charge is 2.24. The maximum Gasteiger partial charge on any atom is 0.335 e. The highest BCUT2D eigenvalue weighted by Crippen LogP contribution is 2.23. The Morgan fingerprint density at radius 3 is 2.50 bits per heavy atom. The number of carbonyl (C=O) groups excluding carboxylic acids is 1. The Hall–Kier alpha value is -2.04. The fourth-order valence-corrected chi connectivity index (χ4v) is 2.26. The predicted octanol–water partition coefficient (Wildman–Crippen LogP) is 1.09. The van der Waals surface area contributed by atoms with Gasteiger partial charge in [0.05, 0.1) is 11.5 Å². The van der Waals surface area contributed by atoms with Gasteiger partial charge in [0.25, 0.3) is 0 Å². The fourth-order valence-electron chi connectivity index (χ4n) is 2.26. The molecule has 0 aliphatic carbocycles. The largest absolute Gasteiger partial charge is 0.478 e. The van der Waals surface area contributed by atoms with Gasteiger partial charge in [-0.3, -0.25) is 4.79 Å². The van der Waals surface area contributed by atoms with Crippen LogP contribution in [0.3, 0.4) is 0 Å². The third-order valence-electron chi connectivity index (χ3n) is 3.30. The number of carboxylic acids is 1. The SMILES string of the molecule is NC(=O)[C@@H]1CCCN(c2ccc(C(=O)O)cc2)C1. The molecule has 0 aromatic heterocycles. The van der Waals surface area contributed by atoms with Gasteiger partial charge in [-0.2, -0.15) is 0 Å². The zero-order valence-corrected chi connectivity index (χ0v) is 10.0. The monoisotopic (exact) mass is 248 g/mol. The zero-order chi connectivity index (χ0) is 13.1. The standard InChI is InChI=1S/C13H16N2O3/c14-12(16)10-2-1-7-15(8-10)11-5-3-9(4-6-11)13(17)18/h3-6,10H,1-2,7-8H2,(H2,14,16)(H,17,18)/t10-/m1/s1. The number of primary amides is 1. The molecule has 3 N–H and O–H groups in total. The zero-order valence-electron chi connectivity index (χ0n) is 10.0. The number of carboxylic acid groups (broad SMARTS) is 1. The Labute approximate surface area is 105 Å². The quantitative estimate of drug-likeness (QED) is 0.838. The van der Waals surface area contributed by atoms with Crippen LogP contribution in [0.2, 0.25) is 0 Å². The van der Waals surface area contributed by atoms with Crippen molar-refractivity contribution in [2.75, 3.05) is 18.0 Å². The lowest BCUT2D eigenvalue weighted by atomic mass is 9.97. The Kier molecular flexibility index (Phi) is 3.50. The molecule has 0 radical (unpaired) electrons. The first-order valence-electron chi connectivity index (χ1n) is 5.95. The second-order valence-electron chi connectivity index (χ2n) is 4.54. The summed E-state index contributed by atoms with van der Waals surface area (Å²) in [6.07, 6.45) is 1.76. The van der Waals surface area contributed by atoms with E-state index in [1.165, 1.54) is 0 Å². The summed E-state index contributed by atoms with van der Waals surface area (Å²) in [4.78, 5) is 24.0. The first kappa shape index (κ1) is 12.4. The number of benzene rings is 1. The molecular formula is C13H16N2O3. The first-order valence-corrected chi connectivity index (χ1v) is 5.95. The van der Waals surface area contributed by atoms with Crippen LogP contribution in [0.1, 0.15) is 23.2 Å². The third-order valence-corrected chi connectivity index (χ3v) is 3.30. The molecule has 0 saturated carbocycles. The molecule has 5 nitrogen and oxygen atoms in total. The number of anilines is 1. The fraction of sp³-hybridized carbons (Fsp3) is 0.385. The van der Waals surface area contributed by atoms with Crippen molar-refractivity contribution in [1.82, 2.24) is 0 Å². The molecule has 5 heteroatoms. The van der Waals surface area contributed by atoms with Crippen molar-refractivity contribution < 1.29 is 14.7 Å². The molecule has 2 rings (SSSR count). The number of rotatable bonds is 3. The number of nitrogens with zero attached hydrogens (tertiary/aromatic N) is 1. The molecular weight excluding hydrogens is 232 g/mol. The van der Waals surface area contributed by atoms with E-state index in [2.05, 4.69) is 4.90 Å². The smallest absolute Gasteiger partial charge is 0.335 e. The van der Waals surface area contributed by atoms with E-state index in [1.54, 1.807) is 24.3 Å². The van der Waals surface area contributed by atoms with Gasteiger partial charge in [0.15, 0.2) is 0 Å². The van der Waals surface area contributed by atoms with Crippen molar-refractivity contribution in [1.29, 1.82) is 0 Å².